The summed E-state index contributed by atoms with van der Waals surface area (Å²) in [7, 11) is 1.32. The van der Waals surface area contributed by atoms with Crippen molar-refractivity contribution in [2.24, 2.45) is 5.41 Å². The Morgan fingerprint density at radius 3 is 2.45 bits per heavy atom. The summed E-state index contributed by atoms with van der Waals surface area (Å²) in [5.41, 5.74) is -0.236. The summed E-state index contributed by atoms with van der Waals surface area (Å²) in [6, 6.07) is 2.02. The van der Waals surface area contributed by atoms with Crippen molar-refractivity contribution in [3.8, 4) is 0 Å². The highest BCUT2D eigenvalue weighted by Gasteiger charge is 2.44. The van der Waals surface area contributed by atoms with Crippen LogP contribution in [0.15, 0.2) is 17.0 Å². The number of thioether (sulfide) groups is 1. The summed E-state index contributed by atoms with van der Waals surface area (Å²) in [6.45, 7) is 0. The number of methoxy groups -OCH3 is 1. The van der Waals surface area contributed by atoms with Crippen LogP contribution >= 0.6 is 11.8 Å². The number of aldehydes is 1. The lowest BCUT2D eigenvalue weighted by Crippen LogP contribution is -2.13. The number of rotatable bonds is 6. The molecule has 1 aliphatic carbocycles. The summed E-state index contributed by atoms with van der Waals surface area (Å²) in [5, 5.41) is 0. The van der Waals surface area contributed by atoms with Gasteiger partial charge in [0.15, 0.2) is 0 Å². The van der Waals surface area contributed by atoms with Gasteiger partial charge >= 0.3 is 5.97 Å². The van der Waals surface area contributed by atoms with Crippen LogP contribution in [-0.4, -0.2) is 25.1 Å². The number of carbonyl (C=O) groups is 2. The second-order valence-electron chi connectivity index (χ2n) is 4.97. The van der Waals surface area contributed by atoms with Crippen molar-refractivity contribution in [3.63, 3.8) is 0 Å². The van der Waals surface area contributed by atoms with Crippen molar-refractivity contribution in [1.82, 2.24) is 0 Å². The van der Waals surface area contributed by atoms with Gasteiger partial charge in [-0.1, -0.05) is 0 Å². The molecule has 0 N–H and O–H groups in total. The molecule has 0 heterocycles. The normalized spacial score (nSPS) is 15.8. The van der Waals surface area contributed by atoms with Gasteiger partial charge in [-0.05, 0) is 30.4 Å². The second-order valence-corrected chi connectivity index (χ2v) is 5.96. The highest BCUT2D eigenvalue weighted by Crippen LogP contribution is 2.52. The van der Waals surface area contributed by atoms with Crippen LogP contribution in [0.3, 0.4) is 0 Å². The smallest absolute Gasteiger partial charge is 0.306 e. The molecule has 0 atom stereocenters. The predicted molar refractivity (Wildman–Crippen MR) is 70.8 cm³/mol. The summed E-state index contributed by atoms with van der Waals surface area (Å²) in [4.78, 5) is 21.7. The molecule has 1 fully saturated rings. The third kappa shape index (κ3) is 3.36. The molecular weight excluding hydrogens is 286 g/mol. The Balaban J connectivity index is 2.04. The Bertz CT molecular complexity index is 518. The molecule has 1 aromatic carbocycles. The zero-order valence-electron chi connectivity index (χ0n) is 10.9. The van der Waals surface area contributed by atoms with E-state index >= 15 is 0 Å². The highest BCUT2D eigenvalue weighted by molar-refractivity contribution is 7.99. The van der Waals surface area contributed by atoms with Crippen LogP contribution < -0.4 is 0 Å². The fourth-order valence-electron chi connectivity index (χ4n) is 1.94. The number of hydrogen-bond acceptors (Lipinski definition) is 4. The van der Waals surface area contributed by atoms with Gasteiger partial charge < -0.3 is 4.74 Å². The van der Waals surface area contributed by atoms with Crippen molar-refractivity contribution < 1.29 is 23.1 Å². The van der Waals surface area contributed by atoms with E-state index in [9.17, 15) is 18.4 Å². The third-order valence-electron chi connectivity index (χ3n) is 3.38. The minimum Gasteiger partial charge on any atom is -0.469 e. The van der Waals surface area contributed by atoms with Gasteiger partial charge in [0, 0.05) is 11.3 Å². The summed E-state index contributed by atoms with van der Waals surface area (Å²) >= 11 is 1.04. The lowest BCUT2D eigenvalue weighted by molar-refractivity contribution is -0.141. The number of hydrogen-bond donors (Lipinski definition) is 0. The van der Waals surface area contributed by atoms with Crippen LogP contribution in [0.2, 0.25) is 0 Å². The average Bonchev–Trinajstić information content (AvgIpc) is 3.17. The van der Waals surface area contributed by atoms with E-state index in [1.54, 1.807) is 0 Å². The quantitative estimate of drug-likeness (QED) is 0.460. The fourth-order valence-corrected chi connectivity index (χ4v) is 3.17. The molecule has 0 saturated heterocycles. The first-order valence-corrected chi connectivity index (χ1v) is 7.12. The Hall–Kier alpha value is -1.43. The first-order chi connectivity index (χ1) is 9.49. The summed E-state index contributed by atoms with van der Waals surface area (Å²) in [6.07, 6.45) is 2.38. The number of halogens is 2. The molecule has 0 amide bonds. The van der Waals surface area contributed by atoms with Crippen molar-refractivity contribution in [3.05, 3.63) is 29.3 Å². The molecule has 0 aromatic heterocycles. The maximum Gasteiger partial charge on any atom is 0.306 e. The maximum absolute atomic E-state index is 13.7. The van der Waals surface area contributed by atoms with Crippen LogP contribution in [0.25, 0.3) is 0 Å². The van der Waals surface area contributed by atoms with Gasteiger partial charge in [-0.3, -0.25) is 9.59 Å². The minimum atomic E-state index is -0.744. The minimum absolute atomic E-state index is 0.0277. The van der Waals surface area contributed by atoms with Gasteiger partial charge in [0.05, 0.1) is 18.4 Å². The largest absolute Gasteiger partial charge is 0.469 e. The molecule has 1 aliphatic rings. The van der Waals surface area contributed by atoms with Crippen LogP contribution in [0.5, 0.6) is 0 Å². The SMILES string of the molecule is COC(=O)CC1(CSc2c(F)cc(C=O)cc2F)CC1. The van der Waals surface area contributed by atoms with E-state index in [-0.39, 0.29) is 28.3 Å². The van der Waals surface area contributed by atoms with Gasteiger partial charge in [-0.2, -0.15) is 0 Å². The van der Waals surface area contributed by atoms with Gasteiger partial charge in [0.25, 0.3) is 0 Å². The van der Waals surface area contributed by atoms with Crippen LogP contribution in [0.4, 0.5) is 8.78 Å². The third-order valence-corrected chi connectivity index (χ3v) is 4.82. The Morgan fingerprint density at radius 1 is 1.40 bits per heavy atom. The Kier molecular flexibility index (Phi) is 4.42. The van der Waals surface area contributed by atoms with Gasteiger partial charge in [0.1, 0.15) is 17.9 Å². The van der Waals surface area contributed by atoms with Gasteiger partial charge in [-0.15, -0.1) is 11.8 Å². The molecule has 6 heteroatoms. The molecule has 3 nitrogen and oxygen atoms in total. The molecule has 0 bridgehead atoms. The summed E-state index contributed by atoms with van der Waals surface area (Å²) < 4.78 is 32.0. The topological polar surface area (TPSA) is 43.4 Å². The van der Waals surface area contributed by atoms with Crippen LogP contribution in [0, 0.1) is 17.0 Å². The number of ether oxygens (including phenoxy) is 1. The van der Waals surface area contributed by atoms with Gasteiger partial charge in [0.2, 0.25) is 0 Å². The van der Waals surface area contributed by atoms with E-state index in [4.69, 9.17) is 0 Å². The molecule has 0 aliphatic heterocycles. The lowest BCUT2D eigenvalue weighted by atomic mass is 10.1. The molecule has 108 valence electrons. The first-order valence-electron chi connectivity index (χ1n) is 6.13. The highest BCUT2D eigenvalue weighted by atomic mass is 32.2. The van der Waals surface area contributed by atoms with Crippen molar-refractivity contribution in [1.29, 1.82) is 0 Å². The predicted octanol–water partition coefficient (Wildman–Crippen LogP) is 3.21. The van der Waals surface area contributed by atoms with Crippen molar-refractivity contribution in [2.45, 2.75) is 24.2 Å². The van der Waals surface area contributed by atoms with Crippen LogP contribution in [0.1, 0.15) is 29.6 Å². The lowest BCUT2D eigenvalue weighted by Gasteiger charge is -2.13. The van der Waals surface area contributed by atoms with E-state index in [0.717, 1.165) is 36.7 Å². The molecular formula is C14H14F2O3S. The summed E-state index contributed by atoms with van der Waals surface area (Å²) in [5.74, 6) is -1.34. The van der Waals surface area contributed by atoms with Gasteiger partial charge in [-0.25, -0.2) is 8.78 Å². The van der Waals surface area contributed by atoms with Crippen molar-refractivity contribution >= 4 is 24.0 Å². The Labute approximate surface area is 119 Å². The van der Waals surface area contributed by atoms with Crippen molar-refractivity contribution in [2.75, 3.05) is 12.9 Å². The molecule has 1 saturated carbocycles. The molecule has 1 aromatic rings. The number of esters is 1. The van der Waals surface area contributed by atoms with Crippen LogP contribution in [-0.2, 0) is 9.53 Å². The maximum atomic E-state index is 13.7. The van der Waals surface area contributed by atoms with E-state index < -0.39 is 11.6 Å². The first kappa shape index (κ1) is 15.0. The standard InChI is InChI=1S/C14H14F2O3S/c1-19-12(18)6-14(2-3-14)8-20-13-10(15)4-9(7-17)5-11(13)16/h4-5,7H,2-3,6,8H2,1H3. The second kappa shape index (κ2) is 5.91. The zero-order valence-corrected chi connectivity index (χ0v) is 11.8. The fraction of sp³-hybridized carbons (Fsp3) is 0.429. The van der Waals surface area contributed by atoms with E-state index in [0.29, 0.717) is 12.0 Å². The van der Waals surface area contributed by atoms with E-state index in [1.165, 1.54) is 7.11 Å². The molecule has 0 radical (unpaired) electrons. The van der Waals surface area contributed by atoms with E-state index in [2.05, 4.69) is 4.74 Å². The average molecular weight is 300 g/mol. The molecule has 2 rings (SSSR count). The number of carbonyl (C=O) groups excluding carboxylic acids is 2. The molecule has 0 spiro atoms. The monoisotopic (exact) mass is 300 g/mol. The molecule has 20 heavy (non-hydrogen) atoms. The zero-order chi connectivity index (χ0) is 14.8. The Morgan fingerprint density at radius 2 is 2.00 bits per heavy atom. The number of benzene rings is 1. The molecule has 0 unspecified atom stereocenters. The van der Waals surface area contributed by atoms with E-state index in [1.807, 2.05) is 0 Å².